The van der Waals surface area contributed by atoms with Crippen LogP contribution < -0.4 is 5.32 Å². The summed E-state index contributed by atoms with van der Waals surface area (Å²) < 4.78 is 4.95. The van der Waals surface area contributed by atoms with E-state index in [0.717, 1.165) is 0 Å². The summed E-state index contributed by atoms with van der Waals surface area (Å²) in [6, 6.07) is 3.33. The normalized spacial score (nSPS) is 10.2. The molecular weight excluding hydrogens is 234 g/mol. The van der Waals surface area contributed by atoms with Gasteiger partial charge in [-0.3, -0.25) is 4.79 Å². The number of methoxy groups -OCH3 is 1. The highest BCUT2D eigenvalue weighted by Crippen LogP contribution is 2.09. The summed E-state index contributed by atoms with van der Waals surface area (Å²) in [5, 5.41) is 11.9. The molecule has 0 fully saturated rings. The van der Waals surface area contributed by atoms with Crippen LogP contribution in [0.3, 0.4) is 0 Å². The molecule has 6 heteroatoms. The van der Waals surface area contributed by atoms with Crippen molar-refractivity contribution in [2.24, 2.45) is 0 Å². The zero-order valence-corrected chi connectivity index (χ0v) is 10.7. The summed E-state index contributed by atoms with van der Waals surface area (Å²) >= 11 is 0. The molecule has 18 heavy (non-hydrogen) atoms. The lowest BCUT2D eigenvalue weighted by Crippen LogP contribution is -2.36. The van der Waals surface area contributed by atoms with Crippen LogP contribution in [-0.2, 0) is 4.74 Å². The second-order valence-corrected chi connectivity index (χ2v) is 3.69. The largest absolute Gasteiger partial charge is 0.395 e. The molecule has 0 aromatic carbocycles. The van der Waals surface area contributed by atoms with Gasteiger partial charge in [0.25, 0.3) is 5.91 Å². The van der Waals surface area contributed by atoms with E-state index in [4.69, 9.17) is 9.84 Å². The van der Waals surface area contributed by atoms with Gasteiger partial charge in [-0.25, -0.2) is 4.98 Å². The van der Waals surface area contributed by atoms with E-state index < -0.39 is 0 Å². The lowest BCUT2D eigenvalue weighted by atomic mass is 10.2. The standard InChI is InChI=1S/C12H19N3O3/c1-13-11-9-10(3-4-14-11)12(17)15(5-7-16)6-8-18-2/h3-4,9,16H,5-8H2,1-2H3,(H,13,14). The average Bonchev–Trinajstić information content (AvgIpc) is 2.42. The van der Waals surface area contributed by atoms with Crippen molar-refractivity contribution in [2.75, 3.05) is 45.8 Å². The molecule has 2 N–H and O–H groups in total. The van der Waals surface area contributed by atoms with Crippen molar-refractivity contribution in [3.63, 3.8) is 0 Å². The highest BCUT2D eigenvalue weighted by atomic mass is 16.5. The van der Waals surface area contributed by atoms with Gasteiger partial charge in [0.1, 0.15) is 5.82 Å². The Balaban J connectivity index is 2.79. The topological polar surface area (TPSA) is 74.7 Å². The third-order valence-corrected chi connectivity index (χ3v) is 2.49. The number of carbonyl (C=O) groups is 1. The van der Waals surface area contributed by atoms with Gasteiger partial charge < -0.3 is 20.1 Å². The number of amides is 1. The zero-order valence-electron chi connectivity index (χ0n) is 10.7. The van der Waals surface area contributed by atoms with Gasteiger partial charge in [-0.2, -0.15) is 0 Å². The Morgan fingerprint density at radius 1 is 1.56 bits per heavy atom. The molecular formula is C12H19N3O3. The third-order valence-electron chi connectivity index (χ3n) is 2.49. The minimum atomic E-state index is -0.139. The Morgan fingerprint density at radius 3 is 2.94 bits per heavy atom. The molecule has 0 saturated heterocycles. The van der Waals surface area contributed by atoms with Crippen LogP contribution in [0.15, 0.2) is 18.3 Å². The van der Waals surface area contributed by atoms with Gasteiger partial charge in [0.05, 0.1) is 13.2 Å². The average molecular weight is 253 g/mol. The molecule has 1 rings (SSSR count). The molecule has 1 aromatic heterocycles. The Morgan fingerprint density at radius 2 is 2.33 bits per heavy atom. The van der Waals surface area contributed by atoms with Crippen molar-refractivity contribution in [3.05, 3.63) is 23.9 Å². The quantitative estimate of drug-likeness (QED) is 0.726. The summed E-state index contributed by atoms with van der Waals surface area (Å²) in [5.41, 5.74) is 0.541. The molecule has 1 heterocycles. The summed E-state index contributed by atoms with van der Waals surface area (Å²) in [7, 11) is 3.32. The van der Waals surface area contributed by atoms with Crippen molar-refractivity contribution in [1.29, 1.82) is 0 Å². The number of hydrogen-bond donors (Lipinski definition) is 2. The van der Waals surface area contributed by atoms with Crippen LogP contribution in [0.4, 0.5) is 5.82 Å². The molecule has 0 radical (unpaired) electrons. The van der Waals surface area contributed by atoms with Gasteiger partial charge in [-0.1, -0.05) is 0 Å². The number of nitrogens with zero attached hydrogens (tertiary/aromatic N) is 2. The van der Waals surface area contributed by atoms with Crippen LogP contribution in [0.2, 0.25) is 0 Å². The van der Waals surface area contributed by atoms with Crippen LogP contribution in [-0.4, -0.2) is 61.4 Å². The van der Waals surface area contributed by atoms with E-state index in [1.807, 2.05) is 0 Å². The molecule has 6 nitrogen and oxygen atoms in total. The number of ether oxygens (including phenoxy) is 1. The minimum absolute atomic E-state index is 0.0700. The van der Waals surface area contributed by atoms with E-state index >= 15 is 0 Å². The lowest BCUT2D eigenvalue weighted by Gasteiger charge is -2.21. The summed E-state index contributed by atoms with van der Waals surface area (Å²) in [4.78, 5) is 17.8. The predicted molar refractivity (Wildman–Crippen MR) is 68.6 cm³/mol. The third kappa shape index (κ3) is 3.97. The zero-order chi connectivity index (χ0) is 13.4. The maximum absolute atomic E-state index is 12.2. The monoisotopic (exact) mass is 253 g/mol. The van der Waals surface area contributed by atoms with Crippen LogP contribution in [0, 0.1) is 0 Å². The summed E-state index contributed by atoms with van der Waals surface area (Å²) in [5.74, 6) is 0.497. The summed E-state index contributed by atoms with van der Waals surface area (Å²) in [6.07, 6.45) is 1.58. The van der Waals surface area contributed by atoms with E-state index in [-0.39, 0.29) is 12.5 Å². The Labute approximate surface area is 107 Å². The molecule has 0 atom stereocenters. The molecule has 0 spiro atoms. The highest BCUT2D eigenvalue weighted by Gasteiger charge is 2.15. The van der Waals surface area contributed by atoms with Gasteiger partial charge in [-0.15, -0.1) is 0 Å². The lowest BCUT2D eigenvalue weighted by molar-refractivity contribution is 0.0656. The number of nitrogens with one attached hydrogen (secondary N) is 1. The van der Waals surface area contributed by atoms with E-state index in [2.05, 4.69) is 10.3 Å². The van der Waals surface area contributed by atoms with E-state index in [1.54, 1.807) is 37.4 Å². The smallest absolute Gasteiger partial charge is 0.254 e. The number of hydrogen-bond acceptors (Lipinski definition) is 5. The van der Waals surface area contributed by atoms with Gasteiger partial charge in [0, 0.05) is 39.0 Å². The molecule has 0 aliphatic heterocycles. The van der Waals surface area contributed by atoms with Crippen LogP contribution in [0.1, 0.15) is 10.4 Å². The molecule has 0 bridgehead atoms. The fraction of sp³-hybridized carbons (Fsp3) is 0.500. The van der Waals surface area contributed by atoms with Gasteiger partial charge in [-0.05, 0) is 12.1 Å². The first-order valence-corrected chi connectivity index (χ1v) is 5.75. The number of anilines is 1. The highest BCUT2D eigenvalue weighted by molar-refractivity contribution is 5.94. The first-order valence-electron chi connectivity index (χ1n) is 5.75. The minimum Gasteiger partial charge on any atom is -0.395 e. The molecule has 1 aromatic rings. The maximum atomic E-state index is 12.2. The van der Waals surface area contributed by atoms with Crippen molar-refractivity contribution in [3.8, 4) is 0 Å². The Bertz CT molecular complexity index is 385. The number of rotatable bonds is 7. The number of carbonyl (C=O) groups excluding carboxylic acids is 1. The molecule has 100 valence electrons. The molecule has 0 aliphatic carbocycles. The van der Waals surface area contributed by atoms with E-state index in [9.17, 15) is 4.79 Å². The first kappa shape index (κ1) is 14.4. The molecule has 1 amide bonds. The van der Waals surface area contributed by atoms with Crippen LogP contribution in [0.25, 0.3) is 0 Å². The van der Waals surface area contributed by atoms with Crippen LogP contribution >= 0.6 is 0 Å². The van der Waals surface area contributed by atoms with Crippen molar-refractivity contribution in [1.82, 2.24) is 9.88 Å². The number of aromatic nitrogens is 1. The van der Waals surface area contributed by atoms with Crippen molar-refractivity contribution in [2.45, 2.75) is 0 Å². The first-order chi connectivity index (χ1) is 8.72. The van der Waals surface area contributed by atoms with Gasteiger partial charge in [0.15, 0.2) is 0 Å². The Kier molecular flexibility index (Phi) is 6.10. The van der Waals surface area contributed by atoms with Crippen molar-refractivity contribution < 1.29 is 14.6 Å². The number of aliphatic hydroxyl groups excluding tert-OH is 1. The maximum Gasteiger partial charge on any atom is 0.254 e. The van der Waals surface area contributed by atoms with Gasteiger partial charge in [0.2, 0.25) is 0 Å². The number of pyridine rings is 1. The molecule has 0 aliphatic rings. The van der Waals surface area contributed by atoms with E-state index in [1.165, 1.54) is 0 Å². The fourth-order valence-corrected chi connectivity index (χ4v) is 1.52. The predicted octanol–water partition coefficient (Wildman–Crippen LogP) is 0.204. The molecule has 0 saturated carbocycles. The van der Waals surface area contributed by atoms with Gasteiger partial charge >= 0.3 is 0 Å². The second kappa shape index (κ2) is 7.62. The van der Waals surface area contributed by atoms with Crippen LogP contribution in [0.5, 0.6) is 0 Å². The summed E-state index contributed by atoms with van der Waals surface area (Å²) in [6.45, 7) is 1.11. The SMILES string of the molecule is CNc1cc(C(=O)N(CCO)CCOC)ccn1. The van der Waals surface area contributed by atoms with E-state index in [0.29, 0.717) is 31.1 Å². The number of aliphatic hydroxyl groups is 1. The molecule has 0 unspecified atom stereocenters. The fourth-order valence-electron chi connectivity index (χ4n) is 1.52. The van der Waals surface area contributed by atoms with Crippen molar-refractivity contribution >= 4 is 11.7 Å². The Hall–Kier alpha value is -1.66. The second-order valence-electron chi connectivity index (χ2n) is 3.69.